The highest BCUT2D eigenvalue weighted by atomic mass is 16.5. The first-order chi connectivity index (χ1) is 14.6. The average molecular weight is 411 g/mol. The minimum absolute atomic E-state index is 0.0757. The number of methoxy groups -OCH3 is 2. The molecule has 2 aliphatic rings. The molecule has 1 aliphatic carbocycles. The van der Waals surface area contributed by atoms with Gasteiger partial charge in [0, 0.05) is 23.7 Å². The molecule has 160 valence electrons. The number of likely N-dealkylation sites (N-methyl/N-ethyl adjacent to an activating group) is 1. The van der Waals surface area contributed by atoms with Crippen LogP contribution in [0.2, 0.25) is 0 Å². The van der Waals surface area contributed by atoms with Crippen molar-refractivity contribution in [3.8, 4) is 11.5 Å². The quantitative estimate of drug-likeness (QED) is 0.790. The van der Waals surface area contributed by atoms with Crippen LogP contribution in [-0.4, -0.2) is 55.8 Å². The third-order valence-corrected chi connectivity index (χ3v) is 6.74. The van der Waals surface area contributed by atoms with Gasteiger partial charge in [0.2, 0.25) is 0 Å². The van der Waals surface area contributed by atoms with Crippen molar-refractivity contribution < 1.29 is 14.3 Å². The summed E-state index contributed by atoms with van der Waals surface area (Å²) in [6, 6.07) is 10.3. The van der Waals surface area contributed by atoms with Crippen LogP contribution in [0.3, 0.4) is 0 Å². The summed E-state index contributed by atoms with van der Waals surface area (Å²) >= 11 is 0. The highest BCUT2D eigenvalue weighted by Crippen LogP contribution is 2.49. The Labute approximate surface area is 177 Å². The lowest BCUT2D eigenvalue weighted by Crippen LogP contribution is -2.52. The lowest BCUT2D eigenvalue weighted by atomic mass is 9.65. The van der Waals surface area contributed by atoms with Crippen molar-refractivity contribution in [2.75, 3.05) is 33.1 Å². The zero-order valence-corrected chi connectivity index (χ0v) is 17.9. The van der Waals surface area contributed by atoms with E-state index < -0.39 is 0 Å². The third kappa shape index (κ3) is 3.81. The molecule has 3 atom stereocenters. The van der Waals surface area contributed by atoms with E-state index in [-0.39, 0.29) is 17.5 Å². The summed E-state index contributed by atoms with van der Waals surface area (Å²) in [6.07, 6.45) is 7.33. The number of ether oxygens (including phenoxy) is 2. The molecule has 7 nitrogen and oxygen atoms in total. The molecule has 1 saturated heterocycles. The Kier molecular flexibility index (Phi) is 5.81. The van der Waals surface area contributed by atoms with Crippen LogP contribution < -0.4 is 20.1 Å². The van der Waals surface area contributed by atoms with Crippen molar-refractivity contribution in [2.45, 2.75) is 43.2 Å². The van der Waals surface area contributed by atoms with Crippen LogP contribution in [0.5, 0.6) is 11.5 Å². The number of nitrogens with zero attached hydrogens (tertiary/aromatic N) is 2. The normalized spacial score (nSPS) is 26.0. The van der Waals surface area contributed by atoms with E-state index in [9.17, 15) is 4.79 Å². The fourth-order valence-corrected chi connectivity index (χ4v) is 5.18. The maximum atomic E-state index is 12.5. The lowest BCUT2D eigenvalue weighted by molar-refractivity contribution is 0.156. The molecule has 0 spiro atoms. The number of urea groups is 1. The number of pyridine rings is 1. The van der Waals surface area contributed by atoms with Gasteiger partial charge >= 0.3 is 6.03 Å². The number of fused-ring (bicyclic) bond motifs is 1. The zero-order chi connectivity index (χ0) is 21.1. The van der Waals surface area contributed by atoms with Crippen LogP contribution in [-0.2, 0) is 5.41 Å². The topological polar surface area (TPSA) is 75.7 Å². The van der Waals surface area contributed by atoms with Gasteiger partial charge in [0.25, 0.3) is 0 Å². The highest BCUT2D eigenvalue weighted by molar-refractivity contribution is 5.89. The number of rotatable bonds is 5. The number of nitrogens with one attached hydrogen (secondary N) is 2. The van der Waals surface area contributed by atoms with Crippen molar-refractivity contribution >= 4 is 11.7 Å². The van der Waals surface area contributed by atoms with E-state index >= 15 is 0 Å². The van der Waals surface area contributed by atoms with E-state index in [1.807, 2.05) is 12.1 Å². The molecule has 2 N–H and O–H groups in total. The van der Waals surface area contributed by atoms with Gasteiger partial charge in [0.05, 0.1) is 26.1 Å². The predicted molar refractivity (Wildman–Crippen MR) is 116 cm³/mol. The van der Waals surface area contributed by atoms with E-state index in [1.54, 1.807) is 32.7 Å². The summed E-state index contributed by atoms with van der Waals surface area (Å²) in [5, 5.41) is 6.03. The maximum Gasteiger partial charge on any atom is 0.319 e. The molecule has 1 aromatic heterocycles. The molecule has 2 fully saturated rings. The predicted octanol–water partition coefficient (Wildman–Crippen LogP) is 3.41. The number of amides is 2. The van der Waals surface area contributed by atoms with Crippen LogP contribution in [0.4, 0.5) is 10.5 Å². The molecule has 7 heteroatoms. The Morgan fingerprint density at radius 2 is 2.03 bits per heavy atom. The summed E-state index contributed by atoms with van der Waals surface area (Å²) in [4.78, 5) is 18.9. The van der Waals surface area contributed by atoms with E-state index in [0.717, 1.165) is 43.7 Å². The first-order valence-electron chi connectivity index (χ1n) is 10.5. The van der Waals surface area contributed by atoms with Crippen molar-refractivity contribution in [3.63, 3.8) is 0 Å². The molecule has 0 bridgehead atoms. The first-order valence-corrected chi connectivity index (χ1v) is 10.5. The second-order valence-electron chi connectivity index (χ2n) is 8.28. The number of likely N-dealkylation sites (tertiary alicyclic amines) is 1. The second kappa shape index (κ2) is 8.52. The number of benzene rings is 1. The third-order valence-electron chi connectivity index (χ3n) is 6.74. The molecule has 30 heavy (non-hydrogen) atoms. The first kappa shape index (κ1) is 20.5. The van der Waals surface area contributed by atoms with Crippen LogP contribution in [0, 0.1) is 0 Å². The maximum absolute atomic E-state index is 12.5. The van der Waals surface area contributed by atoms with Gasteiger partial charge in [-0.15, -0.1) is 0 Å². The summed E-state index contributed by atoms with van der Waals surface area (Å²) < 4.78 is 11.0. The minimum atomic E-state index is -0.174. The number of hydrogen-bond acceptors (Lipinski definition) is 5. The average Bonchev–Trinajstić information content (AvgIpc) is 3.11. The molecular weight excluding hydrogens is 380 g/mol. The van der Waals surface area contributed by atoms with Gasteiger partial charge in [-0.25, -0.2) is 4.79 Å². The smallest absolute Gasteiger partial charge is 0.319 e. The minimum Gasteiger partial charge on any atom is -0.493 e. The Hall–Kier alpha value is -2.80. The van der Waals surface area contributed by atoms with Crippen molar-refractivity contribution in [1.29, 1.82) is 0 Å². The SMILES string of the molecule is COc1ccc([C@@]23CC[C@H](NC(=O)Nc4cccnc4)C[C@H]2N(C)CC3)cc1OC. The summed E-state index contributed by atoms with van der Waals surface area (Å²) in [7, 11) is 5.53. The number of aromatic nitrogens is 1. The van der Waals surface area contributed by atoms with E-state index in [1.165, 1.54) is 5.56 Å². The largest absolute Gasteiger partial charge is 0.493 e. The lowest BCUT2D eigenvalue weighted by Gasteiger charge is -2.45. The standard InChI is InChI=1S/C23H30N4O3/c1-27-12-10-23(16-6-7-19(29-2)20(13-16)30-3)9-8-17(14-21(23)27)25-22(28)26-18-5-4-11-24-15-18/h4-7,11,13,15,17,21H,8-10,12,14H2,1-3H3,(H2,25,26,28)/t17-,21+,23-/m0/s1. The molecule has 1 saturated carbocycles. The van der Waals surface area contributed by atoms with Gasteiger partial charge in [0.15, 0.2) is 11.5 Å². The second-order valence-corrected chi connectivity index (χ2v) is 8.28. The van der Waals surface area contributed by atoms with Gasteiger partial charge in [-0.05, 0) is 69.1 Å². The van der Waals surface area contributed by atoms with Crippen LogP contribution in [0.15, 0.2) is 42.7 Å². The van der Waals surface area contributed by atoms with Gasteiger partial charge < -0.3 is 25.0 Å². The number of hydrogen-bond donors (Lipinski definition) is 2. The number of anilines is 1. The monoisotopic (exact) mass is 410 g/mol. The molecule has 4 rings (SSSR count). The van der Waals surface area contributed by atoms with Crippen molar-refractivity contribution in [1.82, 2.24) is 15.2 Å². The molecule has 0 radical (unpaired) electrons. The summed E-state index contributed by atoms with van der Waals surface area (Å²) in [5.41, 5.74) is 2.07. The van der Waals surface area contributed by atoms with Crippen LogP contribution in [0.1, 0.15) is 31.2 Å². The van der Waals surface area contributed by atoms with Crippen LogP contribution in [0.25, 0.3) is 0 Å². The van der Waals surface area contributed by atoms with Gasteiger partial charge in [0.1, 0.15) is 0 Å². The van der Waals surface area contributed by atoms with Gasteiger partial charge in [-0.1, -0.05) is 6.07 Å². The molecular formula is C23H30N4O3. The summed E-state index contributed by atoms with van der Waals surface area (Å²) in [6.45, 7) is 1.05. The van der Waals surface area contributed by atoms with Gasteiger partial charge in [-0.3, -0.25) is 4.98 Å². The Morgan fingerprint density at radius 1 is 1.20 bits per heavy atom. The van der Waals surface area contributed by atoms with Crippen LogP contribution >= 0.6 is 0 Å². The van der Waals surface area contributed by atoms with Gasteiger partial charge in [-0.2, -0.15) is 0 Å². The Balaban J connectivity index is 1.49. The van der Waals surface area contributed by atoms with Crippen molar-refractivity contribution in [2.24, 2.45) is 0 Å². The number of carbonyl (C=O) groups excluding carboxylic acids is 1. The van der Waals surface area contributed by atoms with E-state index in [4.69, 9.17) is 9.47 Å². The molecule has 1 aromatic carbocycles. The van der Waals surface area contributed by atoms with Crippen molar-refractivity contribution in [3.05, 3.63) is 48.3 Å². The molecule has 2 heterocycles. The molecule has 0 unspecified atom stereocenters. The number of carbonyl (C=O) groups is 1. The molecule has 1 aliphatic heterocycles. The van der Waals surface area contributed by atoms with E-state index in [2.05, 4.69) is 39.7 Å². The Morgan fingerprint density at radius 3 is 2.77 bits per heavy atom. The fraction of sp³-hybridized carbons (Fsp3) is 0.478. The fourth-order valence-electron chi connectivity index (χ4n) is 5.18. The Bertz CT molecular complexity index is 891. The van der Waals surface area contributed by atoms with E-state index in [0.29, 0.717) is 11.7 Å². The highest BCUT2D eigenvalue weighted by Gasteiger charge is 2.50. The summed E-state index contributed by atoms with van der Waals surface area (Å²) in [5.74, 6) is 1.52. The molecule has 2 aromatic rings. The molecule has 2 amide bonds. The zero-order valence-electron chi connectivity index (χ0n) is 17.9.